The lowest BCUT2D eigenvalue weighted by Crippen LogP contribution is -2.19. The summed E-state index contributed by atoms with van der Waals surface area (Å²) in [5.41, 5.74) is 2.55. The van der Waals surface area contributed by atoms with Gasteiger partial charge in [0.15, 0.2) is 0 Å². The van der Waals surface area contributed by atoms with E-state index in [1.165, 1.54) is 11.1 Å². The molecule has 0 saturated heterocycles. The molecule has 2 nitrogen and oxygen atoms in total. The summed E-state index contributed by atoms with van der Waals surface area (Å²) in [6.45, 7) is 15.2. The van der Waals surface area contributed by atoms with E-state index in [0.29, 0.717) is 5.92 Å². The summed E-state index contributed by atoms with van der Waals surface area (Å²) in [5, 5.41) is 4.60. The predicted octanol–water partition coefficient (Wildman–Crippen LogP) is 4.03. The van der Waals surface area contributed by atoms with Gasteiger partial charge in [-0.2, -0.15) is 0 Å². The first-order valence-electron chi connectivity index (χ1n) is 6.63. The van der Waals surface area contributed by atoms with Crippen LogP contribution in [0, 0.1) is 12.8 Å². The summed E-state index contributed by atoms with van der Waals surface area (Å²) in [6, 6.07) is 2.24. The Labute approximate surface area is 116 Å². The van der Waals surface area contributed by atoms with Crippen LogP contribution in [0.5, 0.6) is 0 Å². The van der Waals surface area contributed by atoms with Crippen molar-refractivity contribution in [2.75, 3.05) is 6.54 Å². The van der Waals surface area contributed by atoms with Gasteiger partial charge in [0, 0.05) is 17.5 Å². The number of pyridine rings is 1. The van der Waals surface area contributed by atoms with Gasteiger partial charge in [0.1, 0.15) is 0 Å². The highest BCUT2D eigenvalue weighted by molar-refractivity contribution is 8.00. The zero-order valence-electron chi connectivity index (χ0n) is 12.5. The van der Waals surface area contributed by atoms with Crippen molar-refractivity contribution in [3.63, 3.8) is 0 Å². The number of nitrogens with zero attached hydrogens (tertiary/aromatic N) is 1. The highest BCUT2D eigenvalue weighted by atomic mass is 32.2. The Hall–Kier alpha value is -0.540. The topological polar surface area (TPSA) is 24.9 Å². The molecule has 0 radical (unpaired) electrons. The molecule has 102 valence electrons. The van der Waals surface area contributed by atoms with Crippen LogP contribution in [0.3, 0.4) is 0 Å². The fourth-order valence-electron chi connectivity index (χ4n) is 1.62. The second-order valence-electron chi connectivity index (χ2n) is 6.20. The summed E-state index contributed by atoms with van der Waals surface area (Å²) < 4.78 is 0.217. The molecule has 0 aliphatic rings. The van der Waals surface area contributed by atoms with Gasteiger partial charge < -0.3 is 5.32 Å². The highest BCUT2D eigenvalue weighted by Crippen LogP contribution is 2.32. The number of nitrogens with one attached hydrogen (secondary N) is 1. The number of hydrogen-bond donors (Lipinski definition) is 1. The average molecular weight is 266 g/mol. The smallest absolute Gasteiger partial charge is 0.0994 e. The SMILES string of the molecule is Cc1cc(CNCC(C)C)cnc1SC(C)(C)C. The molecule has 0 aliphatic carbocycles. The molecule has 1 aromatic rings. The normalized spacial score (nSPS) is 12.2. The molecule has 0 fully saturated rings. The summed E-state index contributed by atoms with van der Waals surface area (Å²) >= 11 is 1.83. The Morgan fingerprint density at radius 1 is 1.33 bits per heavy atom. The van der Waals surface area contributed by atoms with E-state index < -0.39 is 0 Å². The molecule has 0 aliphatic heterocycles. The molecular formula is C15H26N2S. The highest BCUT2D eigenvalue weighted by Gasteiger charge is 2.14. The van der Waals surface area contributed by atoms with Crippen LogP contribution in [0.4, 0.5) is 0 Å². The molecule has 3 heteroatoms. The maximum Gasteiger partial charge on any atom is 0.0994 e. The van der Waals surface area contributed by atoms with Crippen molar-refractivity contribution in [1.82, 2.24) is 10.3 Å². The second-order valence-corrected chi connectivity index (χ2v) is 8.02. The van der Waals surface area contributed by atoms with Crippen molar-refractivity contribution in [3.05, 3.63) is 23.4 Å². The molecule has 1 aromatic heterocycles. The molecule has 1 heterocycles. The molecule has 0 bridgehead atoms. The zero-order chi connectivity index (χ0) is 13.8. The zero-order valence-corrected chi connectivity index (χ0v) is 13.3. The van der Waals surface area contributed by atoms with Crippen molar-refractivity contribution < 1.29 is 0 Å². The number of hydrogen-bond acceptors (Lipinski definition) is 3. The lowest BCUT2D eigenvalue weighted by molar-refractivity contribution is 0.551. The van der Waals surface area contributed by atoms with Gasteiger partial charge in [0.2, 0.25) is 0 Å². The van der Waals surface area contributed by atoms with Crippen molar-refractivity contribution in [2.45, 2.75) is 57.9 Å². The lowest BCUT2D eigenvalue weighted by Gasteiger charge is -2.18. The Balaban J connectivity index is 2.62. The van der Waals surface area contributed by atoms with Crippen LogP contribution in [0.2, 0.25) is 0 Å². The number of thioether (sulfide) groups is 1. The molecule has 1 rings (SSSR count). The van der Waals surface area contributed by atoms with E-state index in [4.69, 9.17) is 0 Å². The van der Waals surface area contributed by atoms with Crippen molar-refractivity contribution in [2.24, 2.45) is 5.92 Å². The third-order valence-corrected chi connectivity index (χ3v) is 3.60. The molecule has 18 heavy (non-hydrogen) atoms. The monoisotopic (exact) mass is 266 g/mol. The standard InChI is InChI=1S/C15H26N2S/c1-11(2)8-16-9-13-7-12(3)14(17-10-13)18-15(4,5)6/h7,10-11,16H,8-9H2,1-6H3. The molecule has 1 N–H and O–H groups in total. The maximum atomic E-state index is 4.58. The fraction of sp³-hybridized carbons (Fsp3) is 0.667. The van der Waals surface area contributed by atoms with E-state index in [1.807, 2.05) is 18.0 Å². The largest absolute Gasteiger partial charge is 0.312 e. The Bertz CT molecular complexity index is 381. The van der Waals surface area contributed by atoms with Gasteiger partial charge >= 0.3 is 0 Å². The van der Waals surface area contributed by atoms with Crippen LogP contribution in [-0.2, 0) is 6.54 Å². The van der Waals surface area contributed by atoms with Crippen LogP contribution < -0.4 is 5.32 Å². The van der Waals surface area contributed by atoms with Gasteiger partial charge in [0.05, 0.1) is 5.03 Å². The van der Waals surface area contributed by atoms with E-state index >= 15 is 0 Å². The van der Waals surface area contributed by atoms with Gasteiger partial charge in [0.25, 0.3) is 0 Å². The van der Waals surface area contributed by atoms with Crippen LogP contribution >= 0.6 is 11.8 Å². The molecule has 0 amide bonds. The quantitative estimate of drug-likeness (QED) is 0.815. The van der Waals surface area contributed by atoms with Crippen LogP contribution in [0.25, 0.3) is 0 Å². The molecular weight excluding hydrogens is 240 g/mol. The fourth-order valence-corrected chi connectivity index (χ4v) is 2.52. The van der Waals surface area contributed by atoms with Crippen molar-refractivity contribution >= 4 is 11.8 Å². The Kier molecular flexibility index (Phi) is 5.67. The summed E-state index contributed by atoms with van der Waals surface area (Å²) in [7, 11) is 0. The number of rotatable bonds is 5. The van der Waals surface area contributed by atoms with E-state index in [2.05, 4.69) is 57.9 Å². The minimum absolute atomic E-state index is 0.217. The van der Waals surface area contributed by atoms with Crippen LogP contribution in [0.1, 0.15) is 45.7 Å². The molecule has 0 spiro atoms. The first-order valence-corrected chi connectivity index (χ1v) is 7.45. The van der Waals surface area contributed by atoms with Crippen LogP contribution in [-0.4, -0.2) is 16.3 Å². The van der Waals surface area contributed by atoms with Gasteiger partial charge in [-0.1, -0.05) is 40.7 Å². The molecule has 0 aromatic carbocycles. The minimum Gasteiger partial charge on any atom is -0.312 e. The van der Waals surface area contributed by atoms with E-state index in [0.717, 1.165) is 18.1 Å². The second kappa shape index (κ2) is 6.58. The van der Waals surface area contributed by atoms with Gasteiger partial charge in [-0.15, -0.1) is 11.8 Å². The van der Waals surface area contributed by atoms with Gasteiger partial charge in [-0.05, 0) is 30.5 Å². The van der Waals surface area contributed by atoms with Crippen LogP contribution in [0.15, 0.2) is 17.3 Å². The maximum absolute atomic E-state index is 4.58. The lowest BCUT2D eigenvalue weighted by atomic mass is 10.2. The first kappa shape index (κ1) is 15.5. The van der Waals surface area contributed by atoms with Gasteiger partial charge in [-0.25, -0.2) is 4.98 Å². The Morgan fingerprint density at radius 3 is 2.50 bits per heavy atom. The number of aromatic nitrogens is 1. The summed E-state index contributed by atoms with van der Waals surface area (Å²) in [4.78, 5) is 4.58. The van der Waals surface area contributed by atoms with Crippen molar-refractivity contribution in [1.29, 1.82) is 0 Å². The molecule has 0 saturated carbocycles. The van der Waals surface area contributed by atoms with E-state index in [-0.39, 0.29) is 4.75 Å². The predicted molar refractivity (Wildman–Crippen MR) is 81.1 cm³/mol. The van der Waals surface area contributed by atoms with E-state index in [9.17, 15) is 0 Å². The summed E-state index contributed by atoms with van der Waals surface area (Å²) in [5.74, 6) is 0.690. The number of aryl methyl sites for hydroxylation is 1. The Morgan fingerprint density at radius 2 is 2.00 bits per heavy atom. The minimum atomic E-state index is 0.217. The molecule has 0 atom stereocenters. The van der Waals surface area contributed by atoms with Crippen molar-refractivity contribution in [3.8, 4) is 0 Å². The average Bonchev–Trinajstić information content (AvgIpc) is 2.19. The van der Waals surface area contributed by atoms with Gasteiger partial charge in [-0.3, -0.25) is 0 Å². The molecule has 0 unspecified atom stereocenters. The summed E-state index contributed by atoms with van der Waals surface area (Å²) in [6.07, 6.45) is 1.99. The third kappa shape index (κ3) is 5.87. The first-order chi connectivity index (χ1) is 8.28. The van der Waals surface area contributed by atoms with E-state index in [1.54, 1.807) is 0 Å². The third-order valence-electron chi connectivity index (χ3n) is 2.37.